The van der Waals surface area contributed by atoms with Gasteiger partial charge in [-0.15, -0.1) is 0 Å². The first-order valence-electron chi connectivity index (χ1n) is 12.6. The van der Waals surface area contributed by atoms with Gasteiger partial charge in [-0.1, -0.05) is 62.9 Å². The number of ether oxygens (including phenoxy) is 3. The van der Waals surface area contributed by atoms with E-state index >= 15 is 4.39 Å². The van der Waals surface area contributed by atoms with Crippen molar-refractivity contribution in [2.24, 2.45) is 5.92 Å². The summed E-state index contributed by atoms with van der Waals surface area (Å²) in [5.74, 6) is -1.28. The number of benzene rings is 3. The van der Waals surface area contributed by atoms with Gasteiger partial charge in [0, 0.05) is 16.9 Å². The Morgan fingerprint density at radius 2 is 1.72 bits per heavy atom. The summed E-state index contributed by atoms with van der Waals surface area (Å²) < 4.78 is 69.9. The summed E-state index contributed by atoms with van der Waals surface area (Å²) in [5, 5.41) is 1.25. The number of hydrogen-bond donors (Lipinski definition) is 0. The van der Waals surface area contributed by atoms with Crippen LogP contribution in [0.15, 0.2) is 48.5 Å². The second-order valence-electron chi connectivity index (χ2n) is 9.38. The lowest BCUT2D eigenvalue weighted by atomic mass is 9.98. The van der Waals surface area contributed by atoms with Crippen LogP contribution in [0.2, 0.25) is 0 Å². The summed E-state index contributed by atoms with van der Waals surface area (Å²) in [4.78, 5) is 0. The zero-order valence-electron chi connectivity index (χ0n) is 20.5. The molecule has 4 rings (SSSR count). The van der Waals surface area contributed by atoms with Crippen LogP contribution in [-0.2, 0) is 22.3 Å². The van der Waals surface area contributed by atoms with Gasteiger partial charge in [0.05, 0.1) is 13.2 Å². The SMILES string of the molecule is CCCCCCC1COC(c2ccc3c(F)c(CCc4ccc(OC(F)F)c(F)c4)ccc3c2)OC1. The lowest BCUT2D eigenvalue weighted by molar-refractivity contribution is -0.206. The van der Waals surface area contributed by atoms with Gasteiger partial charge in [0.15, 0.2) is 17.9 Å². The van der Waals surface area contributed by atoms with Crippen molar-refractivity contribution in [2.45, 2.75) is 64.8 Å². The molecule has 1 saturated heterocycles. The Balaban J connectivity index is 1.36. The fraction of sp³-hybridized carbons (Fsp3) is 0.448. The highest BCUT2D eigenvalue weighted by atomic mass is 19.3. The monoisotopic (exact) mass is 504 g/mol. The van der Waals surface area contributed by atoms with E-state index in [-0.39, 0.29) is 5.82 Å². The quantitative estimate of drug-likeness (QED) is 0.195. The molecule has 0 bridgehead atoms. The molecule has 0 atom stereocenters. The molecule has 3 aromatic carbocycles. The molecule has 36 heavy (non-hydrogen) atoms. The van der Waals surface area contributed by atoms with Crippen molar-refractivity contribution in [1.29, 1.82) is 0 Å². The minimum atomic E-state index is -3.09. The maximum absolute atomic E-state index is 15.2. The molecule has 3 nitrogen and oxygen atoms in total. The van der Waals surface area contributed by atoms with Gasteiger partial charge in [-0.3, -0.25) is 0 Å². The van der Waals surface area contributed by atoms with Crippen molar-refractivity contribution in [3.05, 3.63) is 76.9 Å². The van der Waals surface area contributed by atoms with Crippen LogP contribution in [0.1, 0.15) is 62.0 Å². The predicted octanol–water partition coefficient (Wildman–Crippen LogP) is 8.14. The van der Waals surface area contributed by atoms with E-state index in [4.69, 9.17) is 9.47 Å². The minimum absolute atomic E-state index is 0.324. The lowest BCUT2D eigenvalue weighted by Crippen LogP contribution is -2.27. The summed E-state index contributed by atoms with van der Waals surface area (Å²) >= 11 is 0. The topological polar surface area (TPSA) is 27.7 Å². The molecule has 1 heterocycles. The first kappa shape index (κ1) is 26.4. The third kappa shape index (κ3) is 6.77. The molecule has 0 spiro atoms. The minimum Gasteiger partial charge on any atom is -0.432 e. The Labute approximate surface area is 209 Å². The third-order valence-electron chi connectivity index (χ3n) is 6.66. The molecule has 0 saturated carbocycles. The molecule has 7 heteroatoms. The Hall–Kier alpha value is -2.64. The van der Waals surface area contributed by atoms with E-state index in [1.165, 1.54) is 37.8 Å². The summed E-state index contributed by atoms with van der Waals surface area (Å²) in [6.45, 7) is 0.440. The van der Waals surface area contributed by atoms with Gasteiger partial charge in [0.25, 0.3) is 0 Å². The summed E-state index contributed by atoms with van der Waals surface area (Å²) in [6, 6.07) is 12.9. The smallest absolute Gasteiger partial charge is 0.387 e. The van der Waals surface area contributed by atoms with E-state index < -0.39 is 24.5 Å². The van der Waals surface area contributed by atoms with Crippen LogP contribution in [0.5, 0.6) is 5.75 Å². The number of halogens is 4. The van der Waals surface area contributed by atoms with Crippen LogP contribution in [0, 0.1) is 17.6 Å². The highest BCUT2D eigenvalue weighted by molar-refractivity contribution is 5.84. The predicted molar refractivity (Wildman–Crippen MR) is 131 cm³/mol. The van der Waals surface area contributed by atoms with Crippen molar-refractivity contribution in [1.82, 2.24) is 0 Å². The van der Waals surface area contributed by atoms with Crippen LogP contribution in [0.25, 0.3) is 10.8 Å². The second-order valence-corrected chi connectivity index (χ2v) is 9.38. The van der Waals surface area contributed by atoms with Crippen LogP contribution < -0.4 is 4.74 Å². The van der Waals surface area contributed by atoms with E-state index in [1.807, 2.05) is 18.2 Å². The first-order valence-corrected chi connectivity index (χ1v) is 12.6. The molecule has 0 aromatic heterocycles. The summed E-state index contributed by atoms with van der Waals surface area (Å²) in [5.41, 5.74) is 1.93. The van der Waals surface area contributed by atoms with Crippen molar-refractivity contribution in [3.8, 4) is 5.75 Å². The number of rotatable bonds is 11. The molecule has 1 fully saturated rings. The fourth-order valence-electron chi connectivity index (χ4n) is 4.63. The second kappa shape index (κ2) is 12.5. The van der Waals surface area contributed by atoms with Gasteiger partial charge < -0.3 is 14.2 Å². The standard InChI is InChI=1S/C29H32F4O3/c1-2-3-4-5-6-20-17-34-28(35-18-20)23-12-13-24-22(16-23)11-10-21(27(24)31)9-7-19-8-14-26(25(30)15-19)36-29(32)33/h8,10-16,20,28-29H,2-7,9,17-18H2,1H3. The highest BCUT2D eigenvalue weighted by Crippen LogP contribution is 2.31. The summed E-state index contributed by atoms with van der Waals surface area (Å²) in [7, 11) is 0. The molecule has 1 aliphatic rings. The Kier molecular flexibility index (Phi) is 9.21. The first-order chi connectivity index (χ1) is 17.4. The average Bonchev–Trinajstić information content (AvgIpc) is 2.88. The van der Waals surface area contributed by atoms with Gasteiger partial charge >= 0.3 is 6.61 Å². The molecule has 1 aliphatic heterocycles. The van der Waals surface area contributed by atoms with Gasteiger partial charge in [0.2, 0.25) is 0 Å². The molecule has 194 valence electrons. The fourth-order valence-corrected chi connectivity index (χ4v) is 4.63. The van der Waals surface area contributed by atoms with Crippen LogP contribution in [-0.4, -0.2) is 19.8 Å². The van der Waals surface area contributed by atoms with Crippen molar-refractivity contribution >= 4 is 10.8 Å². The largest absolute Gasteiger partial charge is 0.432 e. The third-order valence-corrected chi connectivity index (χ3v) is 6.66. The maximum Gasteiger partial charge on any atom is 0.387 e. The lowest BCUT2D eigenvalue weighted by Gasteiger charge is -2.30. The van der Waals surface area contributed by atoms with Crippen LogP contribution in [0.3, 0.4) is 0 Å². The van der Waals surface area contributed by atoms with Gasteiger partial charge in [0.1, 0.15) is 5.82 Å². The number of fused-ring (bicyclic) bond motifs is 1. The van der Waals surface area contributed by atoms with Crippen molar-refractivity contribution < 1.29 is 31.8 Å². The van der Waals surface area contributed by atoms with E-state index in [1.54, 1.807) is 12.1 Å². The zero-order valence-corrected chi connectivity index (χ0v) is 20.5. The van der Waals surface area contributed by atoms with E-state index in [0.717, 1.165) is 23.4 Å². The molecule has 0 N–H and O–H groups in total. The summed E-state index contributed by atoms with van der Waals surface area (Å²) in [6.07, 6.45) is 6.28. The Bertz CT molecular complexity index is 1140. The molecule has 0 aliphatic carbocycles. The Morgan fingerprint density at radius 3 is 2.44 bits per heavy atom. The maximum atomic E-state index is 15.2. The van der Waals surface area contributed by atoms with E-state index in [0.29, 0.717) is 48.5 Å². The number of unbranched alkanes of at least 4 members (excludes halogenated alkanes) is 3. The van der Waals surface area contributed by atoms with Crippen molar-refractivity contribution in [3.63, 3.8) is 0 Å². The molecule has 0 unspecified atom stereocenters. The average molecular weight is 505 g/mol. The van der Waals surface area contributed by atoms with E-state index in [9.17, 15) is 13.2 Å². The van der Waals surface area contributed by atoms with Crippen LogP contribution in [0.4, 0.5) is 17.6 Å². The van der Waals surface area contributed by atoms with Gasteiger partial charge in [-0.25, -0.2) is 8.78 Å². The van der Waals surface area contributed by atoms with E-state index in [2.05, 4.69) is 11.7 Å². The van der Waals surface area contributed by atoms with Gasteiger partial charge in [-0.2, -0.15) is 8.78 Å². The molecule has 0 amide bonds. The van der Waals surface area contributed by atoms with Crippen LogP contribution >= 0.6 is 0 Å². The zero-order chi connectivity index (χ0) is 25.5. The normalized spacial score (nSPS) is 18.2. The number of alkyl halides is 2. The highest BCUT2D eigenvalue weighted by Gasteiger charge is 2.24. The number of hydrogen-bond acceptors (Lipinski definition) is 3. The molecule has 3 aromatic rings. The van der Waals surface area contributed by atoms with Gasteiger partial charge in [-0.05, 0) is 54.0 Å². The Morgan fingerprint density at radius 1 is 0.917 bits per heavy atom. The molecular weight excluding hydrogens is 472 g/mol. The molecule has 0 radical (unpaired) electrons. The van der Waals surface area contributed by atoms with Crippen molar-refractivity contribution in [2.75, 3.05) is 13.2 Å². The number of aryl methyl sites for hydroxylation is 2. The molecular formula is C29H32F4O3.